The van der Waals surface area contributed by atoms with Crippen LogP contribution in [-0.4, -0.2) is 45.2 Å². The fraction of sp³-hybridized carbons (Fsp3) is 1.00. The quantitative estimate of drug-likeness (QED) is 0.614. The Labute approximate surface area is 87.7 Å². The molecule has 0 heterocycles. The largest absolute Gasteiger partial charge is 0.320 e. The minimum absolute atomic E-state index is 0.252. The lowest BCUT2D eigenvalue weighted by Gasteiger charge is -2.19. The molecule has 0 aliphatic heterocycles. The Bertz CT molecular complexity index is 227. The second kappa shape index (κ2) is 7.20. The van der Waals surface area contributed by atoms with Gasteiger partial charge in [-0.15, -0.1) is 0 Å². The number of nitrogens with one attached hydrogen (secondary N) is 1. The van der Waals surface area contributed by atoms with Crippen LogP contribution in [0.1, 0.15) is 26.7 Å². The van der Waals surface area contributed by atoms with Crippen molar-refractivity contribution in [3.8, 4) is 0 Å². The van der Waals surface area contributed by atoms with Gasteiger partial charge in [-0.1, -0.05) is 13.8 Å². The van der Waals surface area contributed by atoms with Gasteiger partial charge < -0.3 is 5.32 Å². The van der Waals surface area contributed by atoms with Crippen LogP contribution in [-0.2, 0) is 10.0 Å². The maximum atomic E-state index is 11.7. The SMILES string of the molecule is CCCN(CC)S(=O)(=O)CCCNC. The van der Waals surface area contributed by atoms with E-state index in [0.29, 0.717) is 19.5 Å². The maximum absolute atomic E-state index is 11.7. The van der Waals surface area contributed by atoms with Gasteiger partial charge in [0.05, 0.1) is 5.75 Å². The molecule has 0 saturated heterocycles. The molecule has 4 nitrogen and oxygen atoms in total. The molecule has 0 spiro atoms. The highest BCUT2D eigenvalue weighted by Crippen LogP contribution is 2.03. The van der Waals surface area contributed by atoms with Gasteiger partial charge in [-0.05, 0) is 26.4 Å². The van der Waals surface area contributed by atoms with E-state index in [9.17, 15) is 8.42 Å². The van der Waals surface area contributed by atoms with Crippen molar-refractivity contribution in [3.63, 3.8) is 0 Å². The van der Waals surface area contributed by atoms with E-state index in [-0.39, 0.29) is 5.75 Å². The summed E-state index contributed by atoms with van der Waals surface area (Å²) in [5, 5.41) is 2.95. The van der Waals surface area contributed by atoms with E-state index in [2.05, 4.69) is 5.32 Å². The summed E-state index contributed by atoms with van der Waals surface area (Å²) < 4.78 is 25.0. The Morgan fingerprint density at radius 2 is 1.93 bits per heavy atom. The first kappa shape index (κ1) is 13.9. The molecule has 14 heavy (non-hydrogen) atoms. The summed E-state index contributed by atoms with van der Waals surface area (Å²) in [4.78, 5) is 0. The molecule has 0 fully saturated rings. The molecule has 0 aliphatic rings. The second-order valence-corrected chi connectivity index (χ2v) is 5.35. The highest BCUT2D eigenvalue weighted by Gasteiger charge is 2.18. The number of rotatable bonds is 8. The molecule has 0 aromatic rings. The predicted molar refractivity (Wildman–Crippen MR) is 59.9 cm³/mol. The maximum Gasteiger partial charge on any atom is 0.214 e. The van der Waals surface area contributed by atoms with Crippen LogP contribution in [0.5, 0.6) is 0 Å². The molecular weight excluding hydrogens is 200 g/mol. The van der Waals surface area contributed by atoms with Gasteiger partial charge >= 0.3 is 0 Å². The van der Waals surface area contributed by atoms with Gasteiger partial charge in [0, 0.05) is 13.1 Å². The van der Waals surface area contributed by atoms with Crippen LogP contribution >= 0.6 is 0 Å². The molecule has 0 aromatic carbocycles. The van der Waals surface area contributed by atoms with Gasteiger partial charge in [-0.2, -0.15) is 0 Å². The van der Waals surface area contributed by atoms with Crippen molar-refractivity contribution in [2.24, 2.45) is 0 Å². The molecule has 0 aliphatic carbocycles. The molecule has 0 radical (unpaired) electrons. The van der Waals surface area contributed by atoms with Crippen molar-refractivity contribution >= 4 is 10.0 Å². The normalized spacial score (nSPS) is 12.3. The fourth-order valence-electron chi connectivity index (χ4n) is 1.30. The van der Waals surface area contributed by atoms with Crippen molar-refractivity contribution in [1.29, 1.82) is 0 Å². The van der Waals surface area contributed by atoms with Crippen molar-refractivity contribution in [2.45, 2.75) is 26.7 Å². The van der Waals surface area contributed by atoms with Crippen LogP contribution in [0, 0.1) is 0 Å². The standard InChI is InChI=1S/C9H22N2O2S/c1-4-8-11(5-2)14(12,13)9-6-7-10-3/h10H,4-9H2,1-3H3. The molecule has 5 heteroatoms. The molecule has 0 unspecified atom stereocenters. The molecule has 1 N–H and O–H groups in total. The van der Waals surface area contributed by atoms with E-state index in [0.717, 1.165) is 13.0 Å². The first-order valence-electron chi connectivity index (χ1n) is 5.20. The zero-order valence-corrected chi connectivity index (χ0v) is 10.2. The third-order valence-corrected chi connectivity index (χ3v) is 4.08. The van der Waals surface area contributed by atoms with Crippen molar-refractivity contribution in [1.82, 2.24) is 9.62 Å². The van der Waals surface area contributed by atoms with Crippen molar-refractivity contribution < 1.29 is 8.42 Å². The Morgan fingerprint density at radius 3 is 2.36 bits per heavy atom. The first-order valence-corrected chi connectivity index (χ1v) is 6.81. The zero-order valence-electron chi connectivity index (χ0n) is 9.41. The number of nitrogens with zero attached hydrogens (tertiary/aromatic N) is 1. The lowest BCUT2D eigenvalue weighted by Crippen LogP contribution is -2.34. The summed E-state index contributed by atoms with van der Waals surface area (Å²) in [5.41, 5.74) is 0. The third kappa shape index (κ3) is 4.93. The molecule has 0 atom stereocenters. The first-order chi connectivity index (χ1) is 6.58. The molecule has 0 aromatic heterocycles. The molecule has 86 valence electrons. The fourth-order valence-corrected chi connectivity index (χ4v) is 2.93. The van der Waals surface area contributed by atoms with E-state index in [1.807, 2.05) is 20.9 Å². The molecule has 0 rings (SSSR count). The third-order valence-electron chi connectivity index (χ3n) is 2.05. The summed E-state index contributed by atoms with van der Waals surface area (Å²) in [7, 11) is -1.18. The van der Waals surface area contributed by atoms with Gasteiger partial charge in [0.1, 0.15) is 0 Å². The molecule has 0 amide bonds. The van der Waals surface area contributed by atoms with Crippen LogP contribution in [0.15, 0.2) is 0 Å². The smallest absolute Gasteiger partial charge is 0.214 e. The minimum Gasteiger partial charge on any atom is -0.320 e. The number of sulfonamides is 1. The lowest BCUT2D eigenvalue weighted by atomic mass is 10.5. The van der Waals surface area contributed by atoms with E-state index in [1.54, 1.807) is 4.31 Å². The monoisotopic (exact) mass is 222 g/mol. The van der Waals surface area contributed by atoms with E-state index in [1.165, 1.54) is 0 Å². The lowest BCUT2D eigenvalue weighted by molar-refractivity contribution is 0.426. The summed E-state index contributed by atoms with van der Waals surface area (Å²) in [6, 6.07) is 0. The van der Waals surface area contributed by atoms with Crippen molar-refractivity contribution in [2.75, 3.05) is 32.4 Å². The van der Waals surface area contributed by atoms with E-state index in [4.69, 9.17) is 0 Å². The molecular formula is C9H22N2O2S. The van der Waals surface area contributed by atoms with Gasteiger partial charge in [-0.3, -0.25) is 0 Å². The average molecular weight is 222 g/mol. The highest BCUT2D eigenvalue weighted by molar-refractivity contribution is 7.89. The summed E-state index contributed by atoms with van der Waals surface area (Å²) in [6.07, 6.45) is 1.55. The summed E-state index contributed by atoms with van der Waals surface area (Å²) in [5.74, 6) is 0.252. The average Bonchev–Trinajstić information content (AvgIpc) is 2.14. The Morgan fingerprint density at radius 1 is 1.29 bits per heavy atom. The van der Waals surface area contributed by atoms with Gasteiger partial charge in [-0.25, -0.2) is 12.7 Å². The van der Waals surface area contributed by atoms with Crippen LogP contribution in [0.4, 0.5) is 0 Å². The van der Waals surface area contributed by atoms with E-state index < -0.39 is 10.0 Å². The van der Waals surface area contributed by atoms with Gasteiger partial charge in [0.15, 0.2) is 0 Å². The van der Waals surface area contributed by atoms with E-state index >= 15 is 0 Å². The second-order valence-electron chi connectivity index (χ2n) is 3.26. The zero-order chi connectivity index (χ0) is 11.0. The Hall–Kier alpha value is -0.130. The molecule has 0 bridgehead atoms. The molecule has 0 saturated carbocycles. The van der Waals surface area contributed by atoms with Crippen LogP contribution in [0.3, 0.4) is 0 Å². The highest BCUT2D eigenvalue weighted by atomic mass is 32.2. The van der Waals surface area contributed by atoms with Crippen molar-refractivity contribution in [3.05, 3.63) is 0 Å². The van der Waals surface area contributed by atoms with Crippen LogP contribution < -0.4 is 5.32 Å². The van der Waals surface area contributed by atoms with Crippen LogP contribution in [0.2, 0.25) is 0 Å². The number of hydrogen-bond acceptors (Lipinski definition) is 3. The predicted octanol–water partition coefficient (Wildman–Crippen LogP) is 0.658. The van der Waals surface area contributed by atoms with Crippen LogP contribution in [0.25, 0.3) is 0 Å². The Kier molecular flexibility index (Phi) is 7.13. The topological polar surface area (TPSA) is 49.4 Å². The summed E-state index contributed by atoms with van der Waals surface area (Å²) in [6.45, 7) is 5.84. The van der Waals surface area contributed by atoms with Gasteiger partial charge in [0.2, 0.25) is 10.0 Å². The van der Waals surface area contributed by atoms with Gasteiger partial charge in [0.25, 0.3) is 0 Å². The minimum atomic E-state index is -3.01. The summed E-state index contributed by atoms with van der Waals surface area (Å²) >= 11 is 0. The Balaban J connectivity index is 4.12. The number of hydrogen-bond donors (Lipinski definition) is 1.